The molecular formula is C22H22F3N3O3S2. The molecule has 0 aromatic heterocycles. The summed E-state index contributed by atoms with van der Waals surface area (Å²) >= 11 is 1.58. The molecule has 1 fully saturated rings. The van der Waals surface area contributed by atoms with E-state index in [1.54, 1.807) is 25.3 Å². The Kier molecular flexibility index (Phi) is 9.21. The quantitative estimate of drug-likeness (QED) is 0.364. The zero-order valence-corrected chi connectivity index (χ0v) is 19.3. The second-order valence-corrected chi connectivity index (χ2v) is 9.17. The van der Waals surface area contributed by atoms with Crippen LogP contribution >= 0.6 is 23.5 Å². The molecule has 1 saturated heterocycles. The van der Waals surface area contributed by atoms with E-state index in [4.69, 9.17) is 4.74 Å². The normalized spacial score (nSPS) is 17.2. The van der Waals surface area contributed by atoms with Crippen LogP contribution in [0.1, 0.15) is 12.8 Å². The molecule has 3 rings (SSSR count). The first-order valence-corrected chi connectivity index (χ1v) is 11.8. The lowest BCUT2D eigenvalue weighted by atomic mass is 10.2. The van der Waals surface area contributed by atoms with Gasteiger partial charge in [-0.1, -0.05) is 35.7 Å². The van der Waals surface area contributed by atoms with Crippen molar-refractivity contribution >= 4 is 51.9 Å². The number of carbonyl (C=O) groups is 2. The minimum atomic E-state index is -2.52. The molecule has 1 aliphatic heterocycles. The molecule has 2 aromatic rings. The number of benzene rings is 2. The number of methoxy groups -OCH3 is 1. The van der Waals surface area contributed by atoms with Gasteiger partial charge in [-0.3, -0.25) is 14.5 Å². The molecule has 0 bridgehead atoms. The summed E-state index contributed by atoms with van der Waals surface area (Å²) in [5.41, 5.74) is 0.544. The van der Waals surface area contributed by atoms with Gasteiger partial charge in [0.15, 0.2) is 5.17 Å². The lowest BCUT2D eigenvalue weighted by molar-refractivity contribution is -0.128. The molecule has 11 heteroatoms. The van der Waals surface area contributed by atoms with E-state index in [9.17, 15) is 22.8 Å². The summed E-state index contributed by atoms with van der Waals surface area (Å²) < 4.78 is 43.9. The molecule has 0 saturated carbocycles. The molecule has 176 valence electrons. The summed E-state index contributed by atoms with van der Waals surface area (Å²) in [6.07, 6.45) is 0.418. The highest BCUT2D eigenvalue weighted by atomic mass is 32.2. The van der Waals surface area contributed by atoms with Gasteiger partial charge in [-0.05, 0) is 42.8 Å². The number of alkyl halides is 2. The number of rotatable bonds is 10. The number of para-hydroxylation sites is 1. The summed E-state index contributed by atoms with van der Waals surface area (Å²) in [4.78, 5) is 31.8. The first kappa shape index (κ1) is 25.1. The van der Waals surface area contributed by atoms with E-state index in [1.807, 2.05) is 0 Å². The summed E-state index contributed by atoms with van der Waals surface area (Å²) in [7, 11) is 1.56. The maximum atomic E-state index is 13.8. The van der Waals surface area contributed by atoms with Crippen molar-refractivity contribution in [3.05, 3.63) is 54.3 Å². The molecule has 33 heavy (non-hydrogen) atoms. The maximum absolute atomic E-state index is 13.8. The standard InChI is InChI=1S/C22H22F3N3O3S2/c1-31-12-4-11-28-20(30)18(13-19(29)27-17-6-3-2-5-16(17)23)33-22(28)26-14-7-9-15(10-8-14)32-21(24)25/h2-3,5-10,18,21H,4,11-13H2,1H3,(H,27,29). The van der Waals surface area contributed by atoms with Gasteiger partial charge in [0, 0.05) is 31.6 Å². The number of ether oxygens (including phenoxy) is 1. The molecule has 2 amide bonds. The third-order valence-corrected chi connectivity index (χ3v) is 6.45. The first-order chi connectivity index (χ1) is 15.9. The Balaban J connectivity index is 1.73. The molecule has 0 radical (unpaired) electrons. The van der Waals surface area contributed by atoms with Crippen molar-refractivity contribution in [2.45, 2.75) is 28.7 Å². The van der Waals surface area contributed by atoms with Crippen LogP contribution in [0.4, 0.5) is 24.5 Å². The number of aliphatic imine (C=N–C) groups is 1. The predicted molar refractivity (Wildman–Crippen MR) is 125 cm³/mol. The van der Waals surface area contributed by atoms with E-state index in [2.05, 4.69) is 10.3 Å². The Morgan fingerprint density at radius 3 is 2.64 bits per heavy atom. The van der Waals surface area contributed by atoms with Crippen LogP contribution in [-0.2, 0) is 14.3 Å². The van der Waals surface area contributed by atoms with Crippen molar-refractivity contribution in [2.24, 2.45) is 4.99 Å². The predicted octanol–water partition coefficient (Wildman–Crippen LogP) is 5.14. The van der Waals surface area contributed by atoms with E-state index in [0.717, 1.165) is 11.8 Å². The Morgan fingerprint density at radius 1 is 1.24 bits per heavy atom. The van der Waals surface area contributed by atoms with Gasteiger partial charge in [0.25, 0.3) is 5.76 Å². The second-order valence-electron chi connectivity index (χ2n) is 6.94. The Labute approximate surface area is 198 Å². The van der Waals surface area contributed by atoms with Crippen LogP contribution in [0.15, 0.2) is 58.4 Å². The number of nitrogens with one attached hydrogen (secondary N) is 1. The topological polar surface area (TPSA) is 71.0 Å². The summed E-state index contributed by atoms with van der Waals surface area (Å²) in [6, 6.07) is 12.0. The summed E-state index contributed by atoms with van der Waals surface area (Å²) in [5, 5.41) is 2.18. The molecule has 1 heterocycles. The zero-order chi connectivity index (χ0) is 23.8. The number of hydrogen-bond acceptors (Lipinski definition) is 6. The summed E-state index contributed by atoms with van der Waals surface area (Å²) in [5.74, 6) is -3.84. The van der Waals surface area contributed by atoms with Gasteiger partial charge < -0.3 is 10.1 Å². The van der Waals surface area contributed by atoms with Crippen molar-refractivity contribution in [1.82, 2.24) is 4.90 Å². The Bertz CT molecular complexity index is 1010. The van der Waals surface area contributed by atoms with Gasteiger partial charge in [0.1, 0.15) is 11.1 Å². The number of amides is 2. The van der Waals surface area contributed by atoms with Crippen LogP contribution in [0.25, 0.3) is 0 Å². The van der Waals surface area contributed by atoms with Crippen molar-refractivity contribution in [1.29, 1.82) is 0 Å². The minimum Gasteiger partial charge on any atom is -0.385 e. The minimum absolute atomic E-state index is 0.0468. The fourth-order valence-electron chi connectivity index (χ4n) is 3.04. The number of anilines is 1. The van der Waals surface area contributed by atoms with Crippen molar-refractivity contribution < 1.29 is 27.5 Å². The number of nitrogens with zero attached hydrogens (tertiary/aromatic N) is 2. The number of thioether (sulfide) groups is 2. The molecule has 1 atom stereocenters. The molecule has 6 nitrogen and oxygen atoms in total. The van der Waals surface area contributed by atoms with Crippen LogP contribution < -0.4 is 5.32 Å². The fourth-order valence-corrected chi connectivity index (χ4v) is 4.73. The third kappa shape index (κ3) is 7.24. The van der Waals surface area contributed by atoms with Crippen LogP contribution in [-0.4, -0.2) is 53.2 Å². The number of amidine groups is 1. The third-order valence-electron chi connectivity index (χ3n) is 4.56. The molecule has 0 spiro atoms. The SMILES string of the molecule is COCCCN1C(=O)C(CC(=O)Nc2ccccc2F)SC1=Nc1ccc(SC(F)F)cc1. The van der Waals surface area contributed by atoms with Gasteiger partial charge in [-0.15, -0.1) is 0 Å². The van der Waals surface area contributed by atoms with Gasteiger partial charge >= 0.3 is 0 Å². The monoisotopic (exact) mass is 497 g/mol. The average molecular weight is 498 g/mol. The summed E-state index contributed by atoms with van der Waals surface area (Å²) in [6.45, 7) is 0.795. The number of hydrogen-bond donors (Lipinski definition) is 1. The highest BCUT2D eigenvalue weighted by Gasteiger charge is 2.39. The van der Waals surface area contributed by atoms with Crippen LogP contribution in [0.3, 0.4) is 0 Å². The van der Waals surface area contributed by atoms with Gasteiger partial charge in [-0.25, -0.2) is 9.38 Å². The maximum Gasteiger partial charge on any atom is 0.288 e. The van der Waals surface area contributed by atoms with Crippen molar-refractivity contribution in [3.8, 4) is 0 Å². The van der Waals surface area contributed by atoms with Gasteiger partial charge in [0.2, 0.25) is 11.8 Å². The Hall–Kier alpha value is -2.50. The number of halogens is 3. The van der Waals surface area contributed by atoms with Crippen LogP contribution in [0, 0.1) is 5.82 Å². The highest BCUT2D eigenvalue weighted by molar-refractivity contribution is 8.15. The zero-order valence-electron chi connectivity index (χ0n) is 17.7. The lowest BCUT2D eigenvalue weighted by Crippen LogP contribution is -2.34. The first-order valence-electron chi connectivity index (χ1n) is 10.0. The Morgan fingerprint density at radius 2 is 1.97 bits per heavy atom. The molecule has 1 unspecified atom stereocenters. The number of carbonyl (C=O) groups excluding carboxylic acids is 2. The van der Waals surface area contributed by atoms with Crippen LogP contribution in [0.5, 0.6) is 0 Å². The lowest BCUT2D eigenvalue weighted by Gasteiger charge is -2.16. The van der Waals surface area contributed by atoms with E-state index < -0.39 is 22.7 Å². The van der Waals surface area contributed by atoms with E-state index >= 15 is 0 Å². The smallest absolute Gasteiger partial charge is 0.288 e. The highest BCUT2D eigenvalue weighted by Crippen LogP contribution is 2.33. The van der Waals surface area contributed by atoms with E-state index in [0.29, 0.717) is 47.1 Å². The fraction of sp³-hybridized carbons (Fsp3) is 0.318. The molecule has 1 N–H and O–H groups in total. The van der Waals surface area contributed by atoms with Crippen LogP contribution in [0.2, 0.25) is 0 Å². The van der Waals surface area contributed by atoms with Crippen molar-refractivity contribution in [2.75, 3.05) is 25.6 Å². The van der Waals surface area contributed by atoms with E-state index in [1.165, 1.54) is 35.2 Å². The van der Waals surface area contributed by atoms with Gasteiger partial charge in [0.05, 0.1) is 11.4 Å². The molecule has 0 aliphatic carbocycles. The van der Waals surface area contributed by atoms with Crippen molar-refractivity contribution in [3.63, 3.8) is 0 Å². The molecular weight excluding hydrogens is 475 g/mol. The largest absolute Gasteiger partial charge is 0.385 e. The average Bonchev–Trinajstić information content (AvgIpc) is 3.05. The van der Waals surface area contributed by atoms with Gasteiger partial charge in [-0.2, -0.15) is 8.78 Å². The van der Waals surface area contributed by atoms with E-state index in [-0.39, 0.29) is 18.0 Å². The second kappa shape index (κ2) is 12.1. The molecule has 1 aliphatic rings. The molecule has 2 aromatic carbocycles.